The van der Waals surface area contributed by atoms with Crippen molar-refractivity contribution in [1.29, 1.82) is 0 Å². The van der Waals surface area contributed by atoms with Crippen molar-refractivity contribution in [3.05, 3.63) is 17.5 Å². The monoisotopic (exact) mass is 237 g/mol. The average molecular weight is 237 g/mol. The third-order valence-electron chi connectivity index (χ3n) is 3.01. The van der Waals surface area contributed by atoms with Crippen LogP contribution in [0.25, 0.3) is 0 Å². The van der Waals surface area contributed by atoms with E-state index in [1.54, 1.807) is 0 Å². The Morgan fingerprint density at radius 2 is 2.24 bits per heavy atom. The van der Waals surface area contributed by atoms with Gasteiger partial charge in [-0.2, -0.15) is 5.10 Å². The molecule has 1 amide bonds. The fourth-order valence-electron chi connectivity index (χ4n) is 1.66. The lowest BCUT2D eigenvalue weighted by Gasteiger charge is -2.10. The van der Waals surface area contributed by atoms with Crippen LogP contribution in [0.5, 0.6) is 0 Å². The van der Waals surface area contributed by atoms with E-state index >= 15 is 0 Å². The van der Waals surface area contributed by atoms with Crippen LogP contribution in [0.1, 0.15) is 44.9 Å². The molecule has 0 aliphatic carbocycles. The third kappa shape index (κ3) is 4.21. The molecule has 0 radical (unpaired) electrons. The molecule has 1 unspecified atom stereocenters. The topological polar surface area (TPSA) is 46.9 Å². The number of hydrogen-bond donors (Lipinski definition) is 1. The molecule has 17 heavy (non-hydrogen) atoms. The zero-order valence-corrected chi connectivity index (χ0v) is 11.3. The van der Waals surface area contributed by atoms with Gasteiger partial charge in [-0.05, 0) is 39.2 Å². The molecule has 0 aliphatic heterocycles. The van der Waals surface area contributed by atoms with Gasteiger partial charge >= 0.3 is 0 Å². The van der Waals surface area contributed by atoms with Crippen LogP contribution in [-0.4, -0.2) is 21.7 Å². The van der Waals surface area contributed by atoms with Gasteiger partial charge < -0.3 is 5.32 Å². The van der Waals surface area contributed by atoms with Crippen LogP contribution in [0.2, 0.25) is 0 Å². The highest BCUT2D eigenvalue weighted by molar-refractivity contribution is 5.76. The van der Waals surface area contributed by atoms with Crippen molar-refractivity contribution in [2.75, 3.05) is 0 Å². The molecule has 96 valence electrons. The van der Waals surface area contributed by atoms with E-state index in [9.17, 15) is 4.79 Å². The number of nitrogens with zero attached hydrogens (tertiary/aromatic N) is 2. The molecule has 0 bridgehead atoms. The van der Waals surface area contributed by atoms with Gasteiger partial charge in [0.1, 0.15) is 0 Å². The van der Waals surface area contributed by atoms with Gasteiger partial charge in [-0.25, -0.2) is 0 Å². The molecule has 1 heterocycles. The number of nitrogens with one attached hydrogen (secondary N) is 1. The van der Waals surface area contributed by atoms with Gasteiger partial charge in [0, 0.05) is 25.2 Å². The lowest BCUT2D eigenvalue weighted by atomic mass is 10.1. The maximum absolute atomic E-state index is 11.6. The molecule has 1 aromatic rings. The maximum atomic E-state index is 11.6. The molecule has 1 rings (SSSR count). The smallest absolute Gasteiger partial charge is 0.220 e. The lowest BCUT2D eigenvalue weighted by Crippen LogP contribution is -2.32. The number of carbonyl (C=O) groups is 1. The molecular formula is C13H23N3O. The predicted octanol–water partition coefficient (Wildman–Crippen LogP) is 2.06. The Morgan fingerprint density at radius 3 is 2.76 bits per heavy atom. The van der Waals surface area contributed by atoms with Gasteiger partial charge in [-0.3, -0.25) is 9.48 Å². The second kappa shape index (κ2) is 6.42. The predicted molar refractivity (Wildman–Crippen MR) is 68.9 cm³/mol. The van der Waals surface area contributed by atoms with Crippen LogP contribution in [0, 0.1) is 6.92 Å². The summed E-state index contributed by atoms with van der Waals surface area (Å²) in [4.78, 5) is 11.6. The Kier molecular flexibility index (Phi) is 5.19. The second-order valence-electron chi connectivity index (χ2n) is 4.47. The normalized spacial score (nSPS) is 12.5. The first-order chi connectivity index (χ1) is 8.06. The minimum atomic E-state index is 0.128. The summed E-state index contributed by atoms with van der Waals surface area (Å²) in [6.07, 6.45) is 4.32. The first-order valence-corrected chi connectivity index (χ1v) is 6.39. The number of rotatable bonds is 6. The Morgan fingerprint density at radius 1 is 1.53 bits per heavy atom. The van der Waals surface area contributed by atoms with Gasteiger partial charge in [0.25, 0.3) is 0 Å². The number of amides is 1. The summed E-state index contributed by atoms with van der Waals surface area (Å²) in [6, 6.07) is 0.266. The van der Waals surface area contributed by atoms with E-state index in [1.807, 2.05) is 24.7 Å². The molecule has 1 N–H and O–H groups in total. The molecule has 0 saturated carbocycles. The van der Waals surface area contributed by atoms with E-state index in [0.717, 1.165) is 25.1 Å². The molecule has 4 heteroatoms. The highest BCUT2D eigenvalue weighted by atomic mass is 16.1. The molecule has 1 aromatic heterocycles. The van der Waals surface area contributed by atoms with Crippen molar-refractivity contribution in [3.8, 4) is 0 Å². The van der Waals surface area contributed by atoms with Crippen LogP contribution < -0.4 is 5.32 Å². The molecule has 0 spiro atoms. The van der Waals surface area contributed by atoms with Crippen molar-refractivity contribution in [1.82, 2.24) is 15.1 Å². The Balaban J connectivity index is 2.44. The quantitative estimate of drug-likeness (QED) is 0.823. The SMILES string of the molecule is CCC(C)NC(=O)CCc1cn(CC)nc1C. The van der Waals surface area contributed by atoms with Gasteiger partial charge in [-0.15, -0.1) is 0 Å². The summed E-state index contributed by atoms with van der Waals surface area (Å²) in [6.45, 7) is 9.03. The van der Waals surface area contributed by atoms with Crippen LogP contribution >= 0.6 is 0 Å². The molecule has 1 atom stereocenters. The lowest BCUT2D eigenvalue weighted by molar-refractivity contribution is -0.121. The number of carbonyl (C=O) groups excluding carboxylic acids is 1. The molecule has 0 fully saturated rings. The fourth-order valence-corrected chi connectivity index (χ4v) is 1.66. The number of hydrogen-bond acceptors (Lipinski definition) is 2. The van der Waals surface area contributed by atoms with E-state index in [4.69, 9.17) is 0 Å². The Labute approximate surface area is 103 Å². The Bertz CT molecular complexity index is 371. The fraction of sp³-hybridized carbons (Fsp3) is 0.692. The highest BCUT2D eigenvalue weighted by Gasteiger charge is 2.09. The molecule has 4 nitrogen and oxygen atoms in total. The summed E-state index contributed by atoms with van der Waals surface area (Å²) in [5.41, 5.74) is 2.20. The van der Waals surface area contributed by atoms with E-state index in [-0.39, 0.29) is 11.9 Å². The maximum Gasteiger partial charge on any atom is 0.220 e. The molecule has 0 aliphatic rings. The van der Waals surface area contributed by atoms with Crippen LogP contribution in [-0.2, 0) is 17.8 Å². The first-order valence-electron chi connectivity index (χ1n) is 6.39. The minimum Gasteiger partial charge on any atom is -0.354 e. The van der Waals surface area contributed by atoms with Gasteiger partial charge in [-0.1, -0.05) is 6.92 Å². The van der Waals surface area contributed by atoms with Gasteiger partial charge in [0.05, 0.1) is 5.69 Å². The van der Waals surface area contributed by atoms with Gasteiger partial charge in [0.15, 0.2) is 0 Å². The van der Waals surface area contributed by atoms with Crippen molar-refractivity contribution in [2.24, 2.45) is 0 Å². The summed E-state index contributed by atoms with van der Waals surface area (Å²) < 4.78 is 1.91. The average Bonchev–Trinajstić information content (AvgIpc) is 2.67. The summed E-state index contributed by atoms with van der Waals surface area (Å²) in [5.74, 6) is 0.128. The second-order valence-corrected chi connectivity index (χ2v) is 4.47. The molecule has 0 saturated heterocycles. The van der Waals surface area contributed by atoms with Crippen molar-refractivity contribution in [3.63, 3.8) is 0 Å². The summed E-state index contributed by atoms with van der Waals surface area (Å²) in [5, 5.41) is 7.34. The van der Waals surface area contributed by atoms with E-state index in [0.29, 0.717) is 6.42 Å². The van der Waals surface area contributed by atoms with Crippen molar-refractivity contribution in [2.45, 2.75) is 59.5 Å². The zero-order chi connectivity index (χ0) is 12.8. The first kappa shape index (κ1) is 13.7. The standard InChI is InChI=1S/C13H23N3O/c1-5-10(3)14-13(17)8-7-12-9-16(6-2)15-11(12)4/h9-10H,5-8H2,1-4H3,(H,14,17). The largest absolute Gasteiger partial charge is 0.354 e. The molecular weight excluding hydrogens is 214 g/mol. The van der Waals surface area contributed by atoms with Crippen LogP contribution in [0.15, 0.2) is 6.20 Å². The third-order valence-corrected chi connectivity index (χ3v) is 3.01. The molecule has 0 aromatic carbocycles. The van der Waals surface area contributed by atoms with Crippen molar-refractivity contribution >= 4 is 5.91 Å². The van der Waals surface area contributed by atoms with E-state index in [1.165, 1.54) is 5.56 Å². The van der Waals surface area contributed by atoms with Crippen molar-refractivity contribution < 1.29 is 4.79 Å². The summed E-state index contributed by atoms with van der Waals surface area (Å²) >= 11 is 0. The Hall–Kier alpha value is -1.32. The highest BCUT2D eigenvalue weighted by Crippen LogP contribution is 2.08. The van der Waals surface area contributed by atoms with E-state index in [2.05, 4.69) is 24.3 Å². The van der Waals surface area contributed by atoms with E-state index < -0.39 is 0 Å². The number of aryl methyl sites for hydroxylation is 3. The van der Waals surface area contributed by atoms with Crippen LogP contribution in [0.3, 0.4) is 0 Å². The number of aromatic nitrogens is 2. The van der Waals surface area contributed by atoms with Gasteiger partial charge in [0.2, 0.25) is 5.91 Å². The summed E-state index contributed by atoms with van der Waals surface area (Å²) in [7, 11) is 0. The zero-order valence-electron chi connectivity index (χ0n) is 11.3. The minimum absolute atomic E-state index is 0.128. The van der Waals surface area contributed by atoms with Crippen LogP contribution in [0.4, 0.5) is 0 Å².